The van der Waals surface area contributed by atoms with Crippen LogP contribution >= 0.6 is 0 Å². The molecule has 0 radical (unpaired) electrons. The van der Waals surface area contributed by atoms with Crippen LogP contribution in [-0.2, 0) is 14.8 Å². The Bertz CT molecular complexity index is 833. The van der Waals surface area contributed by atoms with Crippen molar-refractivity contribution in [2.75, 3.05) is 11.9 Å². The molecule has 0 unspecified atom stereocenters. The molecule has 2 rings (SSSR count). The molecule has 0 aliphatic carbocycles. The van der Waals surface area contributed by atoms with Crippen molar-refractivity contribution in [3.63, 3.8) is 0 Å². The summed E-state index contributed by atoms with van der Waals surface area (Å²) in [6, 6.07) is 13.4. The summed E-state index contributed by atoms with van der Waals surface area (Å²) in [5, 5.41) is 2.72. The Kier molecular flexibility index (Phi) is 6.17. The van der Waals surface area contributed by atoms with Crippen molar-refractivity contribution in [2.24, 2.45) is 0 Å². The Balaban J connectivity index is 2.00. The summed E-state index contributed by atoms with van der Waals surface area (Å²) < 4.78 is 32.3. The van der Waals surface area contributed by atoms with E-state index in [-0.39, 0.29) is 23.5 Å². The number of hydrogen-bond acceptors (Lipinski definition) is 4. The highest BCUT2D eigenvalue weighted by Gasteiger charge is 2.16. The Hall–Kier alpha value is -2.38. The summed E-state index contributed by atoms with van der Waals surface area (Å²) in [5.74, 6) is 0.176. The second-order valence-electron chi connectivity index (χ2n) is 5.91. The predicted octanol–water partition coefficient (Wildman–Crippen LogP) is 2.70. The van der Waals surface area contributed by atoms with Crippen molar-refractivity contribution < 1.29 is 17.9 Å². The lowest BCUT2D eigenvalue weighted by Gasteiger charge is -2.13. The number of carbonyl (C=O) groups is 1. The molecule has 25 heavy (non-hydrogen) atoms. The molecule has 0 aliphatic heterocycles. The highest BCUT2D eigenvalue weighted by Crippen LogP contribution is 2.22. The minimum absolute atomic E-state index is 0.161. The molecule has 0 saturated carbocycles. The summed E-state index contributed by atoms with van der Waals surface area (Å²) in [6.07, 6.45) is 0. The Morgan fingerprint density at radius 1 is 1.12 bits per heavy atom. The molecule has 0 saturated heterocycles. The summed E-state index contributed by atoms with van der Waals surface area (Å²) >= 11 is 0. The third-order valence-electron chi connectivity index (χ3n) is 3.26. The van der Waals surface area contributed by atoms with Crippen LogP contribution in [0.15, 0.2) is 53.4 Å². The standard InChI is InChI=1S/C18H22N2O4S/c1-13(2)20-25(22,23)16-9-10-17(14(3)11-16)24-12-18(21)19-15-7-5-4-6-8-15/h4-11,13,20H,12H2,1-3H3,(H,19,21). The number of amides is 1. The van der Waals surface area contributed by atoms with Crippen molar-refractivity contribution in [3.05, 3.63) is 54.1 Å². The van der Waals surface area contributed by atoms with Crippen molar-refractivity contribution in [1.29, 1.82) is 0 Å². The van der Waals surface area contributed by atoms with Crippen molar-refractivity contribution in [3.8, 4) is 5.75 Å². The fourth-order valence-electron chi connectivity index (χ4n) is 2.19. The van der Waals surface area contributed by atoms with E-state index in [4.69, 9.17) is 4.74 Å². The zero-order valence-electron chi connectivity index (χ0n) is 14.4. The quantitative estimate of drug-likeness (QED) is 0.793. The van der Waals surface area contributed by atoms with Crippen LogP contribution in [-0.4, -0.2) is 27.0 Å². The lowest BCUT2D eigenvalue weighted by molar-refractivity contribution is -0.118. The molecule has 0 fully saturated rings. The van der Waals surface area contributed by atoms with Gasteiger partial charge in [-0.3, -0.25) is 4.79 Å². The van der Waals surface area contributed by atoms with Crippen LogP contribution in [0, 0.1) is 6.92 Å². The zero-order valence-corrected chi connectivity index (χ0v) is 15.3. The molecule has 0 aromatic heterocycles. The maximum Gasteiger partial charge on any atom is 0.262 e. The first kappa shape index (κ1) is 19.0. The molecule has 0 atom stereocenters. The van der Waals surface area contributed by atoms with Gasteiger partial charge in [0.2, 0.25) is 10.0 Å². The predicted molar refractivity (Wildman–Crippen MR) is 97.2 cm³/mol. The van der Waals surface area contributed by atoms with Gasteiger partial charge in [-0.25, -0.2) is 13.1 Å². The maximum absolute atomic E-state index is 12.2. The third kappa shape index (κ3) is 5.58. The first-order valence-electron chi connectivity index (χ1n) is 7.88. The molecule has 0 aliphatic rings. The summed E-state index contributed by atoms with van der Waals surface area (Å²) in [7, 11) is -3.56. The smallest absolute Gasteiger partial charge is 0.262 e. The van der Waals surface area contributed by atoms with Gasteiger partial charge in [0, 0.05) is 11.7 Å². The highest BCUT2D eigenvalue weighted by molar-refractivity contribution is 7.89. The molecular formula is C18H22N2O4S. The molecular weight excluding hydrogens is 340 g/mol. The number of rotatable bonds is 7. The molecule has 0 bridgehead atoms. The van der Waals surface area contributed by atoms with E-state index in [2.05, 4.69) is 10.0 Å². The number of nitrogens with one attached hydrogen (secondary N) is 2. The maximum atomic E-state index is 12.2. The topological polar surface area (TPSA) is 84.5 Å². The highest BCUT2D eigenvalue weighted by atomic mass is 32.2. The largest absolute Gasteiger partial charge is 0.483 e. The molecule has 2 N–H and O–H groups in total. The van der Waals surface area contributed by atoms with Crippen molar-refractivity contribution >= 4 is 21.6 Å². The number of sulfonamides is 1. The first-order chi connectivity index (χ1) is 11.8. The Labute approximate surface area is 148 Å². The SMILES string of the molecule is Cc1cc(S(=O)(=O)NC(C)C)ccc1OCC(=O)Nc1ccccc1. The van der Waals surface area contributed by atoms with Gasteiger partial charge in [-0.05, 0) is 56.7 Å². The van der Waals surface area contributed by atoms with Crippen LogP contribution in [0.5, 0.6) is 5.75 Å². The molecule has 0 heterocycles. The third-order valence-corrected chi connectivity index (χ3v) is 4.92. The molecule has 1 amide bonds. The molecule has 134 valence electrons. The fraction of sp³-hybridized carbons (Fsp3) is 0.278. The van der Waals surface area contributed by atoms with E-state index in [9.17, 15) is 13.2 Å². The minimum Gasteiger partial charge on any atom is -0.483 e. The molecule has 2 aromatic rings. The lowest BCUT2D eigenvalue weighted by Crippen LogP contribution is -2.30. The molecule has 7 heteroatoms. The van der Waals surface area contributed by atoms with Gasteiger partial charge in [0.25, 0.3) is 5.91 Å². The van der Waals surface area contributed by atoms with Crippen LogP contribution in [0.3, 0.4) is 0 Å². The van der Waals surface area contributed by atoms with Gasteiger partial charge in [0.1, 0.15) is 5.75 Å². The molecule has 0 spiro atoms. The van der Waals surface area contributed by atoms with E-state index in [1.165, 1.54) is 12.1 Å². The van der Waals surface area contributed by atoms with Gasteiger partial charge >= 0.3 is 0 Å². The molecule has 6 nitrogen and oxygen atoms in total. The Morgan fingerprint density at radius 2 is 1.80 bits per heavy atom. The van der Waals surface area contributed by atoms with Gasteiger partial charge in [-0.2, -0.15) is 0 Å². The number of aryl methyl sites for hydroxylation is 1. The number of hydrogen-bond donors (Lipinski definition) is 2. The van der Waals surface area contributed by atoms with Crippen LogP contribution < -0.4 is 14.8 Å². The first-order valence-corrected chi connectivity index (χ1v) is 9.37. The van der Waals surface area contributed by atoms with Crippen LogP contribution in [0.4, 0.5) is 5.69 Å². The average molecular weight is 362 g/mol. The number of para-hydroxylation sites is 1. The van der Waals surface area contributed by atoms with Gasteiger partial charge in [-0.15, -0.1) is 0 Å². The number of anilines is 1. The van der Waals surface area contributed by atoms with Crippen LogP contribution in [0.25, 0.3) is 0 Å². The monoisotopic (exact) mass is 362 g/mol. The summed E-state index contributed by atoms with van der Waals surface area (Å²) in [6.45, 7) is 5.09. The van der Waals surface area contributed by atoms with Gasteiger partial charge in [-0.1, -0.05) is 18.2 Å². The van der Waals surface area contributed by atoms with E-state index in [0.717, 1.165) is 0 Å². The van der Waals surface area contributed by atoms with E-state index < -0.39 is 10.0 Å². The second kappa shape index (κ2) is 8.13. The van der Waals surface area contributed by atoms with Crippen LogP contribution in [0.2, 0.25) is 0 Å². The van der Waals surface area contributed by atoms with E-state index in [1.54, 1.807) is 39.0 Å². The number of ether oxygens (including phenoxy) is 1. The van der Waals surface area contributed by atoms with E-state index in [1.807, 2.05) is 18.2 Å². The second-order valence-corrected chi connectivity index (χ2v) is 7.62. The Morgan fingerprint density at radius 3 is 2.40 bits per heavy atom. The summed E-state index contributed by atoms with van der Waals surface area (Å²) in [5.41, 5.74) is 1.33. The van der Waals surface area contributed by atoms with Gasteiger partial charge in [0.15, 0.2) is 6.61 Å². The van der Waals surface area contributed by atoms with Gasteiger partial charge in [0.05, 0.1) is 4.90 Å². The normalized spacial score (nSPS) is 11.4. The molecule has 2 aromatic carbocycles. The number of benzene rings is 2. The van der Waals surface area contributed by atoms with Gasteiger partial charge < -0.3 is 10.1 Å². The lowest BCUT2D eigenvalue weighted by atomic mass is 10.2. The van der Waals surface area contributed by atoms with E-state index in [0.29, 0.717) is 17.0 Å². The van der Waals surface area contributed by atoms with Crippen LogP contribution in [0.1, 0.15) is 19.4 Å². The summed E-state index contributed by atoms with van der Waals surface area (Å²) in [4.78, 5) is 12.1. The number of carbonyl (C=O) groups excluding carboxylic acids is 1. The van der Waals surface area contributed by atoms with Crippen molar-refractivity contribution in [2.45, 2.75) is 31.7 Å². The minimum atomic E-state index is -3.56. The van der Waals surface area contributed by atoms with Crippen molar-refractivity contribution in [1.82, 2.24) is 4.72 Å². The van der Waals surface area contributed by atoms with E-state index >= 15 is 0 Å². The zero-order chi connectivity index (χ0) is 18.4. The average Bonchev–Trinajstić information content (AvgIpc) is 2.53. The fourth-order valence-corrected chi connectivity index (χ4v) is 3.53.